The first kappa shape index (κ1) is 26.1. The van der Waals surface area contributed by atoms with Gasteiger partial charge in [0, 0.05) is 23.7 Å². The lowest BCUT2D eigenvalue weighted by Crippen LogP contribution is -2.82. The Kier molecular flexibility index (Phi) is 7.42. The van der Waals surface area contributed by atoms with Crippen LogP contribution in [0.5, 0.6) is 0 Å². The van der Waals surface area contributed by atoms with Gasteiger partial charge in [-0.05, 0) is 29.0 Å². The molecule has 0 spiro atoms. The molecule has 1 atom stereocenters. The molecule has 0 saturated carbocycles. The minimum atomic E-state index is -2.00. The number of hydrogen-bond acceptors (Lipinski definition) is 0. The van der Waals surface area contributed by atoms with Crippen molar-refractivity contribution in [1.82, 2.24) is 0 Å². The summed E-state index contributed by atoms with van der Waals surface area (Å²) < 4.78 is 0.478. The molecule has 0 aliphatic carbocycles. The average Bonchev–Trinajstić information content (AvgIpc) is 2.36. The zero-order chi connectivity index (χ0) is 21.9. The van der Waals surface area contributed by atoms with Gasteiger partial charge in [-0.2, -0.15) is 11.1 Å². The molecule has 0 bridgehead atoms. The van der Waals surface area contributed by atoms with Crippen LogP contribution < -0.4 is 0 Å². The van der Waals surface area contributed by atoms with E-state index in [9.17, 15) is 0 Å². The average molecular weight is 476 g/mol. The monoisotopic (exact) mass is 475 g/mol. The van der Waals surface area contributed by atoms with Crippen LogP contribution in [0.3, 0.4) is 0 Å². The maximum absolute atomic E-state index is 8.33. The SMILES string of the molecule is CCC1=C(CC)[Si@](Cl)(C(CC(C)(C)C)([Si](C)(C)C)[Si](C)(C)C)[Si]1[Si](C)(C)C. The van der Waals surface area contributed by atoms with Gasteiger partial charge in [0.15, 0.2) is 6.90 Å². The van der Waals surface area contributed by atoms with Crippen molar-refractivity contribution in [3.63, 3.8) is 0 Å². The zero-order valence-electron chi connectivity index (χ0n) is 21.0. The normalized spacial score (nSPS) is 23.7. The van der Waals surface area contributed by atoms with Crippen molar-refractivity contribution in [3.8, 4) is 0 Å². The summed E-state index contributed by atoms with van der Waals surface area (Å²) in [5.74, 6) is 0. The highest BCUT2D eigenvalue weighted by atomic mass is 35.6. The molecule has 0 N–H and O–H groups in total. The second-order valence-corrected chi connectivity index (χ2v) is 47.8. The van der Waals surface area contributed by atoms with Crippen molar-refractivity contribution in [2.24, 2.45) is 5.41 Å². The lowest BCUT2D eigenvalue weighted by molar-refractivity contribution is 0.369. The molecule has 0 unspecified atom stereocenters. The maximum atomic E-state index is 8.33. The van der Waals surface area contributed by atoms with Crippen LogP contribution in [0.15, 0.2) is 10.4 Å². The van der Waals surface area contributed by atoms with Crippen LogP contribution in [0.4, 0.5) is 0 Å². The van der Waals surface area contributed by atoms with Crippen molar-refractivity contribution in [2.45, 2.75) is 117 Å². The van der Waals surface area contributed by atoms with Crippen molar-refractivity contribution in [1.29, 1.82) is 0 Å². The van der Waals surface area contributed by atoms with Crippen LogP contribution in [-0.2, 0) is 0 Å². The van der Waals surface area contributed by atoms with Crippen LogP contribution in [-0.4, -0.2) is 38.5 Å². The molecule has 0 saturated heterocycles. The molecule has 0 amide bonds. The molecular formula is C21H48ClSi5. The van der Waals surface area contributed by atoms with E-state index in [4.69, 9.17) is 11.1 Å². The van der Waals surface area contributed by atoms with Crippen LogP contribution >= 0.6 is 11.1 Å². The highest BCUT2D eigenvalue weighted by Gasteiger charge is 2.75. The van der Waals surface area contributed by atoms with E-state index in [1.54, 1.807) is 0 Å². The third kappa shape index (κ3) is 4.16. The van der Waals surface area contributed by atoms with Crippen LogP contribution in [0.1, 0.15) is 53.9 Å². The third-order valence-electron chi connectivity index (χ3n) is 6.83. The second-order valence-electron chi connectivity index (χ2n) is 13.1. The Hall–Kier alpha value is 1.11. The Balaban J connectivity index is 4.03. The summed E-state index contributed by atoms with van der Waals surface area (Å²) in [6.45, 7) is 34.2. The first-order chi connectivity index (χ1) is 11.7. The van der Waals surface area contributed by atoms with Crippen molar-refractivity contribution in [2.75, 3.05) is 0 Å². The Bertz CT molecular complexity index is 570. The van der Waals surface area contributed by atoms with E-state index in [0.717, 1.165) is 0 Å². The Morgan fingerprint density at radius 3 is 1.44 bits per heavy atom. The minimum Gasteiger partial charge on any atom is -0.165 e. The molecule has 1 rings (SSSR count). The summed E-state index contributed by atoms with van der Waals surface area (Å²) in [6, 6.07) is 0. The number of hydrogen-bond donors (Lipinski definition) is 0. The van der Waals surface area contributed by atoms with Crippen molar-refractivity contribution in [3.05, 3.63) is 10.4 Å². The molecule has 159 valence electrons. The van der Waals surface area contributed by atoms with E-state index >= 15 is 0 Å². The number of halogens is 1. The molecule has 0 aromatic rings. The minimum absolute atomic E-state index is 0.350. The van der Waals surface area contributed by atoms with Gasteiger partial charge in [-0.3, -0.25) is 0 Å². The largest absolute Gasteiger partial charge is 0.173 e. The first-order valence-electron chi connectivity index (χ1n) is 11.0. The van der Waals surface area contributed by atoms with Gasteiger partial charge in [0.1, 0.15) is 0 Å². The Morgan fingerprint density at radius 1 is 0.815 bits per heavy atom. The predicted octanol–water partition coefficient (Wildman–Crippen LogP) is 8.30. The smallest absolute Gasteiger partial charge is 0.165 e. The molecule has 6 heteroatoms. The van der Waals surface area contributed by atoms with Crippen LogP contribution in [0, 0.1) is 5.41 Å². The van der Waals surface area contributed by atoms with Gasteiger partial charge in [0.25, 0.3) is 0 Å². The van der Waals surface area contributed by atoms with Gasteiger partial charge < -0.3 is 0 Å². The molecule has 1 aliphatic rings. The van der Waals surface area contributed by atoms with Gasteiger partial charge in [0.05, 0.1) is 7.83 Å². The molecule has 0 nitrogen and oxygen atoms in total. The van der Waals surface area contributed by atoms with E-state index in [2.05, 4.69) is 93.5 Å². The molecule has 0 aromatic heterocycles. The van der Waals surface area contributed by atoms with Gasteiger partial charge in [-0.15, -0.1) is 0 Å². The standard InChI is InChI=1S/C21H48ClSi5/c1-15-18-19(16-2)27(22,23(18)26(12,13)14)21(24(6,7)8,25(9,10)11)17-20(3,4)5/h15-17H2,1-14H3/t27-/m1/s1. The lowest BCUT2D eigenvalue weighted by atomic mass is 9.93. The van der Waals surface area contributed by atoms with E-state index in [-0.39, 0.29) is 0 Å². The third-order valence-corrected chi connectivity index (χ3v) is 58.0. The Labute approximate surface area is 181 Å². The molecule has 0 fully saturated rings. The van der Waals surface area contributed by atoms with Crippen molar-refractivity contribution >= 4 is 49.6 Å². The summed E-state index contributed by atoms with van der Waals surface area (Å²) in [4.78, 5) is 0. The van der Waals surface area contributed by atoms with E-state index < -0.39 is 38.5 Å². The van der Waals surface area contributed by atoms with Gasteiger partial charge in [-0.25, -0.2) is 0 Å². The highest BCUT2D eigenvalue weighted by molar-refractivity contribution is 7.80. The summed E-state index contributed by atoms with van der Waals surface area (Å²) >= 11 is 8.33. The quantitative estimate of drug-likeness (QED) is 0.256. The molecule has 27 heavy (non-hydrogen) atoms. The van der Waals surface area contributed by atoms with Gasteiger partial charge in [0.2, 0.25) is 0 Å². The zero-order valence-corrected chi connectivity index (χ0v) is 26.8. The fourth-order valence-corrected chi connectivity index (χ4v) is 84.8. The predicted molar refractivity (Wildman–Crippen MR) is 142 cm³/mol. The maximum Gasteiger partial charge on any atom is 0.173 e. The van der Waals surface area contributed by atoms with E-state index in [1.807, 2.05) is 10.4 Å². The molecular weight excluding hydrogens is 428 g/mol. The fourth-order valence-electron chi connectivity index (χ4n) is 6.55. The molecule has 0 aromatic carbocycles. The first-order valence-corrected chi connectivity index (χ1v) is 28.0. The summed E-state index contributed by atoms with van der Waals surface area (Å²) in [6.07, 6.45) is 3.85. The van der Waals surface area contributed by atoms with E-state index in [0.29, 0.717) is 9.70 Å². The van der Waals surface area contributed by atoms with Crippen LogP contribution in [0.2, 0.25) is 63.2 Å². The molecule has 1 aliphatic heterocycles. The molecule has 1 heterocycles. The Morgan fingerprint density at radius 2 is 1.22 bits per heavy atom. The molecule has 1 radical (unpaired) electrons. The number of rotatable bonds is 7. The summed E-state index contributed by atoms with van der Waals surface area (Å²) in [7, 11) is -4.83. The summed E-state index contributed by atoms with van der Waals surface area (Å²) in [5.41, 5.74) is 0.350. The highest BCUT2D eigenvalue weighted by Crippen LogP contribution is 2.68. The second kappa shape index (κ2) is 7.67. The van der Waals surface area contributed by atoms with Gasteiger partial charge in [-0.1, -0.05) is 104 Å². The van der Waals surface area contributed by atoms with Gasteiger partial charge >= 0.3 is 0 Å². The van der Waals surface area contributed by atoms with Crippen LogP contribution in [0.25, 0.3) is 0 Å². The van der Waals surface area contributed by atoms with E-state index in [1.165, 1.54) is 19.3 Å². The lowest BCUT2D eigenvalue weighted by Gasteiger charge is -2.69. The topological polar surface area (TPSA) is 0 Å². The number of allylic oxidation sites excluding steroid dienone is 2. The fraction of sp³-hybridized carbons (Fsp3) is 0.905. The van der Waals surface area contributed by atoms with Crippen molar-refractivity contribution < 1.29 is 0 Å². The summed E-state index contributed by atoms with van der Waals surface area (Å²) in [5, 5.41) is 3.73.